The molecule has 1 heterocycles. The van der Waals surface area contributed by atoms with Gasteiger partial charge in [0.1, 0.15) is 12.1 Å². The van der Waals surface area contributed by atoms with Gasteiger partial charge in [0.25, 0.3) is 5.91 Å². The Morgan fingerprint density at radius 1 is 1.67 bits per heavy atom. The first kappa shape index (κ1) is 12.0. The Labute approximate surface area is 89.0 Å². The highest BCUT2D eigenvalue weighted by atomic mass is 16.5. The molecule has 0 unspecified atom stereocenters. The first-order valence-electron chi connectivity index (χ1n) is 5.27. The molecule has 0 spiro atoms. The highest BCUT2D eigenvalue weighted by Gasteiger charge is 2.37. The van der Waals surface area contributed by atoms with E-state index in [1.807, 2.05) is 6.92 Å². The molecule has 1 aliphatic heterocycles. The maximum absolute atomic E-state index is 11.5. The summed E-state index contributed by atoms with van der Waals surface area (Å²) in [6.07, 6.45) is -0.0417. The van der Waals surface area contributed by atoms with Gasteiger partial charge in [-0.15, -0.1) is 0 Å². The summed E-state index contributed by atoms with van der Waals surface area (Å²) in [4.78, 5) is 24.4. The molecule has 1 aliphatic rings. The maximum atomic E-state index is 11.5. The number of aliphatic hydroxyl groups excluding tert-OH is 1. The maximum Gasteiger partial charge on any atom is 0.328 e. The number of aliphatic hydroxyl groups is 1. The van der Waals surface area contributed by atoms with Gasteiger partial charge in [0.15, 0.2) is 0 Å². The molecule has 1 fully saturated rings. The summed E-state index contributed by atoms with van der Waals surface area (Å²) < 4.78 is 4.88. The van der Waals surface area contributed by atoms with Gasteiger partial charge in [-0.2, -0.15) is 0 Å². The summed E-state index contributed by atoms with van der Waals surface area (Å²) in [5, 5.41) is 9.28. The van der Waals surface area contributed by atoms with Crippen LogP contribution in [0.2, 0.25) is 0 Å². The van der Waals surface area contributed by atoms with Crippen molar-refractivity contribution in [2.45, 2.75) is 38.8 Å². The number of likely N-dealkylation sites (tertiary alicyclic amines) is 1. The summed E-state index contributed by atoms with van der Waals surface area (Å²) in [5.41, 5.74) is 0. The van der Waals surface area contributed by atoms with Crippen molar-refractivity contribution in [1.29, 1.82) is 0 Å². The lowest BCUT2D eigenvalue weighted by Crippen LogP contribution is -2.44. The second-order valence-corrected chi connectivity index (χ2v) is 3.51. The third-order valence-corrected chi connectivity index (χ3v) is 2.53. The molecule has 2 atom stereocenters. The molecule has 0 radical (unpaired) electrons. The lowest BCUT2D eigenvalue weighted by Gasteiger charge is -2.24. The van der Waals surface area contributed by atoms with Gasteiger partial charge in [-0.1, -0.05) is 6.92 Å². The van der Waals surface area contributed by atoms with Crippen LogP contribution in [0.4, 0.5) is 0 Å². The Balaban J connectivity index is 2.66. The molecule has 0 bridgehead atoms. The van der Waals surface area contributed by atoms with Crippen molar-refractivity contribution in [2.24, 2.45) is 0 Å². The number of carbonyl (C=O) groups is 2. The topological polar surface area (TPSA) is 66.8 Å². The van der Waals surface area contributed by atoms with Gasteiger partial charge in [-0.3, -0.25) is 4.79 Å². The molecule has 0 aromatic rings. The number of ether oxygens (including phenoxy) is 1. The van der Waals surface area contributed by atoms with Gasteiger partial charge in [0.05, 0.1) is 6.61 Å². The zero-order valence-electron chi connectivity index (χ0n) is 9.10. The molecule has 1 rings (SSSR count). The Bertz CT molecular complexity index is 254. The van der Waals surface area contributed by atoms with Crippen molar-refractivity contribution >= 4 is 11.9 Å². The summed E-state index contributed by atoms with van der Waals surface area (Å²) in [7, 11) is 0. The summed E-state index contributed by atoms with van der Waals surface area (Å²) in [6, 6.07) is -0.547. The number of carbonyl (C=O) groups excluding carboxylic acids is 2. The van der Waals surface area contributed by atoms with Crippen LogP contribution in [0.25, 0.3) is 0 Å². The van der Waals surface area contributed by atoms with Crippen LogP contribution < -0.4 is 0 Å². The van der Waals surface area contributed by atoms with E-state index in [2.05, 4.69) is 0 Å². The first-order valence-corrected chi connectivity index (χ1v) is 5.27. The fourth-order valence-electron chi connectivity index (χ4n) is 1.75. The number of hydrogen-bond donors (Lipinski definition) is 1. The third kappa shape index (κ3) is 2.47. The SMILES string of the molecule is CCOC(=O)[C@H](CC)N1CC[C@@H](O)C1=O. The number of amides is 1. The van der Waals surface area contributed by atoms with E-state index in [9.17, 15) is 14.7 Å². The number of hydrogen-bond acceptors (Lipinski definition) is 4. The van der Waals surface area contributed by atoms with Crippen LogP contribution >= 0.6 is 0 Å². The first-order chi connectivity index (χ1) is 7.11. The van der Waals surface area contributed by atoms with Gasteiger partial charge < -0.3 is 14.7 Å². The Morgan fingerprint density at radius 2 is 2.33 bits per heavy atom. The molecular formula is C10H17NO4. The summed E-state index contributed by atoms with van der Waals surface area (Å²) >= 11 is 0. The van der Waals surface area contributed by atoms with Crippen molar-refractivity contribution in [3.05, 3.63) is 0 Å². The van der Waals surface area contributed by atoms with E-state index in [-0.39, 0.29) is 11.9 Å². The largest absolute Gasteiger partial charge is 0.464 e. The van der Waals surface area contributed by atoms with Gasteiger partial charge in [-0.25, -0.2) is 4.79 Å². The normalized spacial score (nSPS) is 23.0. The fraction of sp³-hybridized carbons (Fsp3) is 0.800. The van der Waals surface area contributed by atoms with Gasteiger partial charge in [-0.05, 0) is 19.8 Å². The highest BCUT2D eigenvalue weighted by Crippen LogP contribution is 2.17. The molecule has 0 aliphatic carbocycles. The molecule has 5 heteroatoms. The minimum atomic E-state index is -0.950. The van der Waals surface area contributed by atoms with Crippen LogP contribution in [0.15, 0.2) is 0 Å². The van der Waals surface area contributed by atoms with E-state index in [1.165, 1.54) is 4.90 Å². The monoisotopic (exact) mass is 215 g/mol. The number of nitrogens with zero attached hydrogens (tertiary/aromatic N) is 1. The average Bonchev–Trinajstić information content (AvgIpc) is 2.51. The van der Waals surface area contributed by atoms with Crippen LogP contribution in [0.3, 0.4) is 0 Å². The van der Waals surface area contributed by atoms with E-state index < -0.39 is 12.1 Å². The molecule has 5 nitrogen and oxygen atoms in total. The molecule has 1 N–H and O–H groups in total. The summed E-state index contributed by atoms with van der Waals surface area (Å²) in [5.74, 6) is -0.752. The smallest absolute Gasteiger partial charge is 0.328 e. The molecule has 15 heavy (non-hydrogen) atoms. The second-order valence-electron chi connectivity index (χ2n) is 3.51. The van der Waals surface area contributed by atoms with Gasteiger partial charge in [0, 0.05) is 6.54 Å². The lowest BCUT2D eigenvalue weighted by atomic mass is 10.2. The van der Waals surface area contributed by atoms with E-state index >= 15 is 0 Å². The fourth-order valence-corrected chi connectivity index (χ4v) is 1.75. The molecular weight excluding hydrogens is 198 g/mol. The van der Waals surface area contributed by atoms with Crippen molar-refractivity contribution in [1.82, 2.24) is 4.90 Å². The van der Waals surface area contributed by atoms with Crippen LogP contribution in [-0.2, 0) is 14.3 Å². The van der Waals surface area contributed by atoms with E-state index in [0.29, 0.717) is 26.0 Å². The van der Waals surface area contributed by atoms with Crippen molar-refractivity contribution in [2.75, 3.05) is 13.2 Å². The zero-order valence-corrected chi connectivity index (χ0v) is 9.10. The molecule has 86 valence electrons. The third-order valence-electron chi connectivity index (χ3n) is 2.53. The van der Waals surface area contributed by atoms with E-state index in [4.69, 9.17) is 4.74 Å². The zero-order chi connectivity index (χ0) is 11.4. The minimum Gasteiger partial charge on any atom is -0.464 e. The van der Waals surface area contributed by atoms with Crippen LogP contribution in [-0.4, -0.2) is 47.2 Å². The predicted octanol–water partition coefficient (Wildman–Crippen LogP) is -0.0787. The minimum absolute atomic E-state index is 0.305. The molecule has 1 saturated heterocycles. The molecule has 0 aromatic heterocycles. The van der Waals surface area contributed by atoms with Crippen LogP contribution in [0, 0.1) is 0 Å². The van der Waals surface area contributed by atoms with Crippen molar-refractivity contribution in [3.63, 3.8) is 0 Å². The Kier molecular flexibility index (Phi) is 4.08. The lowest BCUT2D eigenvalue weighted by molar-refractivity contribution is -0.154. The quantitative estimate of drug-likeness (QED) is 0.666. The Hall–Kier alpha value is -1.10. The predicted molar refractivity (Wildman–Crippen MR) is 53.0 cm³/mol. The van der Waals surface area contributed by atoms with Crippen molar-refractivity contribution < 1.29 is 19.4 Å². The van der Waals surface area contributed by atoms with Crippen molar-refractivity contribution in [3.8, 4) is 0 Å². The average molecular weight is 215 g/mol. The number of rotatable bonds is 4. The van der Waals surface area contributed by atoms with Gasteiger partial charge in [0.2, 0.25) is 0 Å². The molecule has 0 saturated carbocycles. The van der Waals surface area contributed by atoms with E-state index in [1.54, 1.807) is 6.92 Å². The second kappa shape index (κ2) is 5.11. The highest BCUT2D eigenvalue weighted by molar-refractivity contribution is 5.88. The van der Waals surface area contributed by atoms with Crippen LogP contribution in [0.5, 0.6) is 0 Å². The molecule has 0 aromatic carbocycles. The van der Waals surface area contributed by atoms with E-state index in [0.717, 1.165) is 0 Å². The summed E-state index contributed by atoms with van der Waals surface area (Å²) in [6.45, 7) is 4.28. The van der Waals surface area contributed by atoms with Gasteiger partial charge >= 0.3 is 5.97 Å². The number of esters is 1. The standard InChI is InChI=1S/C10H17NO4/c1-3-7(10(14)15-4-2)11-6-5-8(12)9(11)13/h7-8,12H,3-6H2,1-2H3/t7-,8+/m0/s1. The Morgan fingerprint density at radius 3 is 2.73 bits per heavy atom. The van der Waals surface area contributed by atoms with Crippen LogP contribution in [0.1, 0.15) is 26.7 Å². The molecule has 1 amide bonds.